The van der Waals surface area contributed by atoms with Gasteiger partial charge in [-0.1, -0.05) is 57.0 Å². The third-order valence-corrected chi connectivity index (χ3v) is 8.17. The van der Waals surface area contributed by atoms with Gasteiger partial charge in [-0.2, -0.15) is 12.6 Å². The van der Waals surface area contributed by atoms with Gasteiger partial charge in [0.25, 0.3) is 0 Å². The first-order chi connectivity index (χ1) is 20.7. The van der Waals surface area contributed by atoms with Gasteiger partial charge in [0, 0.05) is 24.8 Å². The molecule has 1 saturated heterocycles. The van der Waals surface area contributed by atoms with Crippen LogP contribution < -0.4 is 27.0 Å². The Labute approximate surface area is 261 Å². The maximum Gasteiger partial charge on any atom is 0.243 e. The van der Waals surface area contributed by atoms with E-state index in [0.717, 1.165) is 18.4 Å². The van der Waals surface area contributed by atoms with Crippen molar-refractivity contribution < 1.29 is 24.0 Å². The van der Waals surface area contributed by atoms with Gasteiger partial charge in [-0.25, -0.2) is 0 Å². The third-order valence-electron chi connectivity index (χ3n) is 7.63. The second kappa shape index (κ2) is 20.0. The molecule has 6 N–H and O–H groups in total. The van der Waals surface area contributed by atoms with E-state index >= 15 is 0 Å². The molecule has 12 heteroatoms. The highest BCUT2D eigenvalue weighted by Crippen LogP contribution is 2.18. The number of rotatable bonds is 19. The number of nitrogens with zero attached hydrogens (tertiary/aromatic N) is 1. The number of carbonyl (C=O) groups is 5. The summed E-state index contributed by atoms with van der Waals surface area (Å²) in [6.07, 6.45) is 5.68. The molecular weight excluding hydrogens is 568 g/mol. The van der Waals surface area contributed by atoms with Crippen LogP contribution in [0.5, 0.6) is 0 Å². The normalized spacial score (nSPS) is 16.6. The number of thiol groups is 1. The lowest BCUT2D eigenvalue weighted by Gasteiger charge is -2.27. The molecule has 11 nitrogen and oxygen atoms in total. The molecule has 5 amide bonds. The number of likely N-dealkylation sites (tertiary alicyclic amines) is 1. The fourth-order valence-corrected chi connectivity index (χ4v) is 5.09. The molecule has 0 radical (unpaired) electrons. The van der Waals surface area contributed by atoms with E-state index in [1.54, 1.807) is 6.92 Å². The van der Waals surface area contributed by atoms with Crippen LogP contribution >= 0.6 is 12.6 Å². The zero-order valence-corrected chi connectivity index (χ0v) is 26.5. The molecule has 1 aliphatic heterocycles. The average Bonchev–Trinajstić information content (AvgIpc) is 3.51. The minimum atomic E-state index is -0.799. The Bertz CT molecular complexity index is 1040. The summed E-state index contributed by atoms with van der Waals surface area (Å²) in [6, 6.07) is 7.62. The first-order valence-corrected chi connectivity index (χ1v) is 16.1. The molecule has 1 aromatic rings. The maximum atomic E-state index is 13.3. The topological polar surface area (TPSA) is 163 Å². The van der Waals surface area contributed by atoms with E-state index in [2.05, 4.69) is 33.9 Å². The zero-order valence-electron chi connectivity index (χ0n) is 25.6. The molecule has 0 aliphatic carbocycles. The van der Waals surface area contributed by atoms with Gasteiger partial charge in [0.1, 0.15) is 18.1 Å². The quantitative estimate of drug-likeness (QED) is 0.101. The van der Waals surface area contributed by atoms with Crippen molar-refractivity contribution in [3.05, 3.63) is 35.9 Å². The Hall–Kier alpha value is -3.12. The summed E-state index contributed by atoms with van der Waals surface area (Å²) >= 11 is 4.15. The van der Waals surface area contributed by atoms with Crippen molar-refractivity contribution in [1.82, 2.24) is 26.2 Å². The van der Waals surface area contributed by atoms with Crippen LogP contribution in [0.15, 0.2) is 30.3 Å². The van der Waals surface area contributed by atoms with Crippen molar-refractivity contribution in [3.63, 3.8) is 0 Å². The standard InChI is InChI=1S/C31H50N6O5S/c1-3-4-13-24(29(40)33-18-16-23-11-6-5-7-12-23)36-31(42)26-15-10-19-37(26)27(38)20-34-30(41)25(14-8-9-17-32)35-28(39)22(2)21-43/h5-7,11-12,22,24-26,43H,3-4,8-10,13-21,32H2,1-2H3,(H,33,40)(H,34,41)(H,35,39)(H,36,42)/t22-,24+,25-,26?/m0/s1. The van der Waals surface area contributed by atoms with Crippen LogP contribution in [0.25, 0.3) is 0 Å². The predicted octanol–water partition coefficient (Wildman–Crippen LogP) is 1.31. The summed E-state index contributed by atoms with van der Waals surface area (Å²) in [5, 5.41) is 11.2. The number of nitrogens with two attached hydrogens (primary N) is 1. The smallest absolute Gasteiger partial charge is 0.243 e. The molecular formula is C31H50N6O5S. The van der Waals surface area contributed by atoms with Crippen molar-refractivity contribution in [2.24, 2.45) is 11.7 Å². The Balaban J connectivity index is 1.95. The Kier molecular flexibility index (Phi) is 16.7. The Morgan fingerprint density at radius 3 is 2.30 bits per heavy atom. The summed E-state index contributed by atoms with van der Waals surface area (Å²) in [6.45, 7) is 4.75. The molecule has 0 aromatic heterocycles. The van der Waals surface area contributed by atoms with E-state index < -0.39 is 24.0 Å². The minimum Gasteiger partial charge on any atom is -0.354 e. The number of unbranched alkanes of at least 4 members (excludes halogenated alkanes) is 2. The monoisotopic (exact) mass is 618 g/mol. The highest BCUT2D eigenvalue weighted by atomic mass is 32.1. The lowest BCUT2D eigenvalue weighted by atomic mass is 10.1. The molecule has 0 spiro atoms. The third kappa shape index (κ3) is 12.6. The van der Waals surface area contributed by atoms with Gasteiger partial charge in [0.05, 0.1) is 6.54 Å². The predicted molar refractivity (Wildman–Crippen MR) is 170 cm³/mol. The molecule has 240 valence electrons. The van der Waals surface area contributed by atoms with Gasteiger partial charge in [-0.15, -0.1) is 0 Å². The van der Waals surface area contributed by atoms with Gasteiger partial charge in [0.2, 0.25) is 29.5 Å². The highest BCUT2D eigenvalue weighted by Gasteiger charge is 2.36. The van der Waals surface area contributed by atoms with Crippen molar-refractivity contribution in [2.45, 2.75) is 89.8 Å². The van der Waals surface area contributed by atoms with E-state index in [4.69, 9.17) is 5.73 Å². The molecule has 1 heterocycles. The van der Waals surface area contributed by atoms with Crippen LogP contribution in [0.2, 0.25) is 0 Å². The fraction of sp³-hybridized carbons (Fsp3) is 0.645. The molecule has 0 bridgehead atoms. The van der Waals surface area contributed by atoms with Crippen LogP contribution in [0.4, 0.5) is 0 Å². The van der Waals surface area contributed by atoms with Gasteiger partial charge in [-0.3, -0.25) is 24.0 Å². The molecule has 4 atom stereocenters. The largest absolute Gasteiger partial charge is 0.354 e. The van der Waals surface area contributed by atoms with Crippen molar-refractivity contribution in [2.75, 3.05) is 31.9 Å². The average molecular weight is 619 g/mol. The second-order valence-corrected chi connectivity index (χ2v) is 11.5. The van der Waals surface area contributed by atoms with E-state index in [9.17, 15) is 24.0 Å². The van der Waals surface area contributed by atoms with Crippen molar-refractivity contribution >= 4 is 42.2 Å². The Morgan fingerprint density at radius 2 is 1.63 bits per heavy atom. The number of nitrogens with one attached hydrogen (secondary N) is 4. The van der Waals surface area contributed by atoms with Gasteiger partial charge >= 0.3 is 0 Å². The summed E-state index contributed by atoms with van der Waals surface area (Å²) in [5.74, 6) is -1.77. The van der Waals surface area contributed by atoms with Gasteiger partial charge in [-0.05, 0) is 57.1 Å². The molecule has 1 aliphatic rings. The molecule has 2 rings (SSSR count). The van der Waals surface area contributed by atoms with E-state index in [-0.39, 0.29) is 36.1 Å². The van der Waals surface area contributed by atoms with Crippen LogP contribution in [-0.4, -0.2) is 84.5 Å². The number of hydrogen-bond acceptors (Lipinski definition) is 7. The highest BCUT2D eigenvalue weighted by molar-refractivity contribution is 7.80. The van der Waals surface area contributed by atoms with Gasteiger partial charge in [0.15, 0.2) is 0 Å². The molecule has 1 unspecified atom stereocenters. The van der Waals surface area contributed by atoms with Crippen LogP contribution in [0.3, 0.4) is 0 Å². The Morgan fingerprint density at radius 1 is 0.953 bits per heavy atom. The SMILES string of the molecule is CCCC[C@@H](NC(=O)C1CCCN1C(=O)CNC(=O)[C@H](CCCCN)NC(=O)[C@@H](C)CS)C(=O)NCCc1ccccc1. The minimum absolute atomic E-state index is 0.240. The summed E-state index contributed by atoms with van der Waals surface area (Å²) < 4.78 is 0. The molecule has 43 heavy (non-hydrogen) atoms. The van der Waals surface area contributed by atoms with Crippen molar-refractivity contribution in [1.29, 1.82) is 0 Å². The first kappa shape index (κ1) is 36.1. The fourth-order valence-electron chi connectivity index (χ4n) is 4.93. The second-order valence-electron chi connectivity index (χ2n) is 11.1. The van der Waals surface area contributed by atoms with E-state index in [1.807, 2.05) is 37.3 Å². The van der Waals surface area contributed by atoms with Crippen molar-refractivity contribution in [3.8, 4) is 0 Å². The lowest BCUT2D eigenvalue weighted by molar-refractivity contribution is -0.140. The molecule has 0 saturated carbocycles. The molecule has 1 fully saturated rings. The number of hydrogen-bond donors (Lipinski definition) is 6. The molecule has 1 aromatic carbocycles. The van der Waals surface area contributed by atoms with Gasteiger partial charge < -0.3 is 31.9 Å². The maximum absolute atomic E-state index is 13.3. The lowest BCUT2D eigenvalue weighted by Crippen LogP contribution is -2.55. The van der Waals surface area contributed by atoms with E-state index in [1.165, 1.54) is 4.90 Å². The zero-order chi connectivity index (χ0) is 31.6. The van der Waals surface area contributed by atoms with E-state index in [0.29, 0.717) is 70.3 Å². The summed E-state index contributed by atoms with van der Waals surface area (Å²) in [5.41, 5.74) is 6.69. The first-order valence-electron chi connectivity index (χ1n) is 15.5. The summed E-state index contributed by atoms with van der Waals surface area (Å²) in [7, 11) is 0. The number of carbonyl (C=O) groups excluding carboxylic acids is 5. The van der Waals surface area contributed by atoms with Crippen LogP contribution in [-0.2, 0) is 30.4 Å². The van der Waals surface area contributed by atoms with Crippen LogP contribution in [0, 0.1) is 5.92 Å². The summed E-state index contributed by atoms with van der Waals surface area (Å²) in [4.78, 5) is 66.2. The number of benzene rings is 1. The number of amides is 5. The van der Waals surface area contributed by atoms with Crippen LogP contribution in [0.1, 0.15) is 70.8 Å².